The van der Waals surface area contributed by atoms with Gasteiger partial charge in [-0.1, -0.05) is 31.9 Å². The van der Waals surface area contributed by atoms with E-state index in [1.165, 1.54) is 12.8 Å². The Morgan fingerprint density at radius 2 is 1.76 bits per heavy atom. The molecule has 0 spiro atoms. The lowest BCUT2D eigenvalue weighted by molar-refractivity contribution is -0.123. The molecular weight excluding hydrogens is 212 g/mol. The van der Waals surface area contributed by atoms with Gasteiger partial charge in [-0.15, -0.1) is 0 Å². The Labute approximate surface area is 103 Å². The monoisotopic (exact) mass is 232 g/mol. The highest BCUT2D eigenvalue weighted by Gasteiger charge is 2.23. The zero-order chi connectivity index (χ0) is 12.3. The van der Waals surface area contributed by atoms with Gasteiger partial charge in [-0.05, 0) is 36.5 Å². The lowest BCUT2D eigenvalue weighted by Crippen LogP contribution is -2.22. The lowest BCUT2D eigenvalue weighted by atomic mass is 9.80. The maximum Gasteiger partial charge on any atom is 0.140 e. The van der Waals surface area contributed by atoms with E-state index in [-0.39, 0.29) is 11.7 Å². The summed E-state index contributed by atoms with van der Waals surface area (Å²) in [7, 11) is 0. The number of carbonyl (C=O) groups excluding carboxylic acids is 1. The van der Waals surface area contributed by atoms with Gasteiger partial charge in [0.2, 0.25) is 0 Å². The summed E-state index contributed by atoms with van der Waals surface area (Å²) in [6.45, 7) is 2.26. The van der Waals surface area contributed by atoms with Gasteiger partial charge in [0, 0.05) is 12.3 Å². The molecule has 2 nitrogen and oxygen atoms in total. The summed E-state index contributed by atoms with van der Waals surface area (Å²) in [5.74, 6) is 1.67. The van der Waals surface area contributed by atoms with Gasteiger partial charge in [-0.2, -0.15) is 0 Å². The molecule has 0 unspecified atom stereocenters. The first-order valence-corrected chi connectivity index (χ1v) is 6.46. The average molecular weight is 232 g/mol. The van der Waals surface area contributed by atoms with Crippen LogP contribution in [0.25, 0.3) is 0 Å². The second-order valence-electron chi connectivity index (χ2n) is 5.27. The second-order valence-corrected chi connectivity index (χ2v) is 5.27. The maximum absolute atomic E-state index is 12.1. The molecule has 92 valence electrons. The van der Waals surface area contributed by atoms with Crippen LogP contribution in [-0.4, -0.2) is 10.9 Å². The summed E-state index contributed by atoms with van der Waals surface area (Å²) < 4.78 is 0. The van der Waals surface area contributed by atoms with Crippen LogP contribution < -0.4 is 0 Å². The van der Waals surface area contributed by atoms with Crippen LogP contribution in [0.3, 0.4) is 0 Å². The van der Waals surface area contributed by atoms with E-state index < -0.39 is 0 Å². The van der Waals surface area contributed by atoms with Crippen molar-refractivity contribution in [3.8, 4) is 5.75 Å². The predicted molar refractivity (Wildman–Crippen MR) is 67.9 cm³/mol. The fourth-order valence-corrected chi connectivity index (χ4v) is 2.54. The summed E-state index contributed by atoms with van der Waals surface area (Å²) in [6.07, 6.45) is 4.99. The zero-order valence-electron chi connectivity index (χ0n) is 10.4. The van der Waals surface area contributed by atoms with Crippen LogP contribution in [0.1, 0.15) is 38.2 Å². The molecule has 0 aliphatic heterocycles. The summed E-state index contributed by atoms with van der Waals surface area (Å²) in [5, 5.41) is 9.18. The molecule has 1 aliphatic rings. The van der Waals surface area contributed by atoms with Crippen molar-refractivity contribution >= 4 is 5.78 Å². The summed E-state index contributed by atoms with van der Waals surface area (Å²) in [6, 6.07) is 6.95. The number of phenolic OH excluding ortho intramolecular Hbond substituents is 1. The fraction of sp³-hybridized carbons (Fsp3) is 0.533. The van der Waals surface area contributed by atoms with Crippen LogP contribution >= 0.6 is 0 Å². The largest absolute Gasteiger partial charge is 0.508 e. The molecule has 0 heterocycles. The quantitative estimate of drug-likeness (QED) is 0.868. The van der Waals surface area contributed by atoms with Gasteiger partial charge in [0.05, 0.1) is 0 Å². The number of phenols is 1. The molecule has 1 aromatic carbocycles. The molecule has 0 aromatic heterocycles. The lowest BCUT2D eigenvalue weighted by Gasteiger charge is -2.25. The number of Topliss-reactive ketones (excluding diaryl/α,β-unsaturated/α-hetero) is 1. The van der Waals surface area contributed by atoms with Crippen molar-refractivity contribution in [2.24, 2.45) is 11.8 Å². The normalized spacial score (nSPS) is 24.5. The Kier molecular flexibility index (Phi) is 3.82. The first-order chi connectivity index (χ1) is 8.15. The highest BCUT2D eigenvalue weighted by Crippen LogP contribution is 2.29. The molecule has 1 aliphatic carbocycles. The smallest absolute Gasteiger partial charge is 0.140 e. The minimum absolute atomic E-state index is 0.257. The van der Waals surface area contributed by atoms with Gasteiger partial charge in [-0.3, -0.25) is 4.79 Å². The van der Waals surface area contributed by atoms with Gasteiger partial charge >= 0.3 is 0 Å². The molecule has 0 radical (unpaired) electrons. The van der Waals surface area contributed by atoms with Crippen molar-refractivity contribution < 1.29 is 9.90 Å². The maximum atomic E-state index is 12.1. The molecule has 0 bridgehead atoms. The molecule has 1 aromatic rings. The number of aromatic hydroxyl groups is 1. The summed E-state index contributed by atoms with van der Waals surface area (Å²) in [5.41, 5.74) is 1.01. The van der Waals surface area contributed by atoms with E-state index in [1.807, 2.05) is 12.1 Å². The van der Waals surface area contributed by atoms with E-state index in [4.69, 9.17) is 0 Å². The third-order valence-corrected chi connectivity index (χ3v) is 3.79. The molecule has 0 amide bonds. The van der Waals surface area contributed by atoms with Gasteiger partial charge in [-0.25, -0.2) is 0 Å². The van der Waals surface area contributed by atoms with Crippen LogP contribution in [0, 0.1) is 11.8 Å². The third kappa shape index (κ3) is 3.32. The molecule has 2 heteroatoms. The molecule has 1 saturated carbocycles. The standard InChI is InChI=1S/C15H20O2/c1-11-2-6-13(7-3-11)15(17)10-12-4-8-14(16)9-5-12/h4-5,8-9,11,13,16H,2-3,6-7,10H2,1H3. The molecular formula is C15H20O2. The van der Waals surface area contributed by atoms with Gasteiger partial charge in [0.1, 0.15) is 11.5 Å². The van der Waals surface area contributed by atoms with Crippen molar-refractivity contribution in [1.29, 1.82) is 0 Å². The van der Waals surface area contributed by atoms with Crippen molar-refractivity contribution in [3.63, 3.8) is 0 Å². The van der Waals surface area contributed by atoms with Crippen LogP contribution in [0.15, 0.2) is 24.3 Å². The van der Waals surface area contributed by atoms with Crippen molar-refractivity contribution in [2.75, 3.05) is 0 Å². The number of benzene rings is 1. The van der Waals surface area contributed by atoms with E-state index in [9.17, 15) is 9.90 Å². The Bertz CT molecular complexity index is 372. The van der Waals surface area contributed by atoms with Gasteiger partial charge < -0.3 is 5.11 Å². The number of hydrogen-bond donors (Lipinski definition) is 1. The second kappa shape index (κ2) is 5.35. The van der Waals surface area contributed by atoms with E-state index in [0.717, 1.165) is 24.3 Å². The summed E-state index contributed by atoms with van der Waals surface area (Å²) in [4.78, 5) is 12.1. The van der Waals surface area contributed by atoms with Crippen molar-refractivity contribution in [2.45, 2.75) is 39.0 Å². The predicted octanol–water partition coefficient (Wildman–Crippen LogP) is 3.33. The Morgan fingerprint density at radius 1 is 1.18 bits per heavy atom. The zero-order valence-corrected chi connectivity index (χ0v) is 10.4. The first-order valence-electron chi connectivity index (χ1n) is 6.46. The minimum atomic E-state index is 0.257. The number of rotatable bonds is 3. The van der Waals surface area contributed by atoms with Crippen molar-refractivity contribution in [1.82, 2.24) is 0 Å². The molecule has 1 fully saturated rings. The number of hydrogen-bond acceptors (Lipinski definition) is 2. The number of carbonyl (C=O) groups is 1. The topological polar surface area (TPSA) is 37.3 Å². The SMILES string of the molecule is CC1CCC(C(=O)Cc2ccc(O)cc2)CC1. The minimum Gasteiger partial charge on any atom is -0.508 e. The Balaban J connectivity index is 1.90. The van der Waals surface area contributed by atoms with Crippen LogP contribution in [-0.2, 0) is 11.2 Å². The van der Waals surface area contributed by atoms with Crippen LogP contribution in [0.5, 0.6) is 5.75 Å². The fourth-order valence-electron chi connectivity index (χ4n) is 2.54. The van der Waals surface area contributed by atoms with Crippen LogP contribution in [0.4, 0.5) is 0 Å². The van der Waals surface area contributed by atoms with E-state index >= 15 is 0 Å². The number of ketones is 1. The van der Waals surface area contributed by atoms with E-state index in [2.05, 4.69) is 6.92 Å². The van der Waals surface area contributed by atoms with E-state index in [0.29, 0.717) is 12.2 Å². The van der Waals surface area contributed by atoms with Crippen molar-refractivity contribution in [3.05, 3.63) is 29.8 Å². The third-order valence-electron chi connectivity index (χ3n) is 3.79. The van der Waals surface area contributed by atoms with Gasteiger partial charge in [0.25, 0.3) is 0 Å². The average Bonchev–Trinajstić information content (AvgIpc) is 2.33. The molecule has 17 heavy (non-hydrogen) atoms. The Morgan fingerprint density at radius 3 is 2.35 bits per heavy atom. The summed E-state index contributed by atoms with van der Waals surface area (Å²) >= 11 is 0. The molecule has 0 atom stereocenters. The molecule has 2 rings (SSSR count). The highest BCUT2D eigenvalue weighted by atomic mass is 16.3. The van der Waals surface area contributed by atoms with E-state index in [1.54, 1.807) is 12.1 Å². The highest BCUT2D eigenvalue weighted by molar-refractivity contribution is 5.83. The van der Waals surface area contributed by atoms with Gasteiger partial charge in [0.15, 0.2) is 0 Å². The Hall–Kier alpha value is -1.31. The van der Waals surface area contributed by atoms with Crippen LogP contribution in [0.2, 0.25) is 0 Å². The molecule has 1 N–H and O–H groups in total. The molecule has 0 saturated heterocycles. The first kappa shape index (κ1) is 12.2.